The van der Waals surface area contributed by atoms with Gasteiger partial charge in [0.1, 0.15) is 42.0 Å². The van der Waals surface area contributed by atoms with E-state index in [1.54, 1.807) is 0 Å². The van der Waals surface area contributed by atoms with E-state index in [-0.39, 0.29) is 74.3 Å². The number of anilines is 1. The van der Waals surface area contributed by atoms with Crippen LogP contribution >= 0.6 is 11.6 Å². The lowest BCUT2D eigenvalue weighted by Gasteiger charge is -2.24. The van der Waals surface area contributed by atoms with Crippen molar-refractivity contribution in [2.75, 3.05) is 11.0 Å². The van der Waals surface area contributed by atoms with Crippen LogP contribution in [0, 0.1) is 17.6 Å². The second-order valence-electron chi connectivity index (χ2n) is 15.3. The molecule has 3 aromatic carbocycles. The van der Waals surface area contributed by atoms with Crippen LogP contribution in [0.4, 0.5) is 32.2 Å². The molecule has 0 saturated heterocycles. The summed E-state index contributed by atoms with van der Waals surface area (Å²) in [7, 11) is -2.48. The second-order valence-corrected chi connectivity index (χ2v) is 17.5. The standard InChI is InChI=1S/C41H32ClF6N9O5S/c1-55-34-28(10-9-26(42)32(34)38(53-55)54-63(2,60)61)57-39(51-37-23(40(57)59)8-11-30(50-37)62-18-19-6-4-3-5-7-19)27(14-20-12-21(43)15-22(44)13-20)49-29(58)17-56-35-31(33(52-56)36(45)46)24-16-25(24)41(35,47)48/h3-13,15,24-25,27,36H,14,16-18H2,1-2H3,(H,49,58)(H,53,54)/t24-,25+,27-/m0/s1. The Labute approximate surface area is 357 Å². The molecule has 1 saturated carbocycles. The fraction of sp³-hybridized carbons (Fsp3) is 0.268. The van der Waals surface area contributed by atoms with Gasteiger partial charge in [0.2, 0.25) is 21.8 Å². The van der Waals surface area contributed by atoms with Gasteiger partial charge in [-0.25, -0.2) is 31.0 Å². The zero-order valence-corrected chi connectivity index (χ0v) is 34.4. The lowest BCUT2D eigenvalue weighted by atomic mass is 10.0. The summed E-state index contributed by atoms with van der Waals surface area (Å²) in [5.41, 5.74) is -2.17. The Morgan fingerprint density at radius 1 is 1.00 bits per heavy atom. The average Bonchev–Trinajstić information content (AvgIpc) is 3.75. The van der Waals surface area contributed by atoms with Gasteiger partial charge < -0.3 is 10.1 Å². The fourth-order valence-corrected chi connectivity index (χ4v) is 8.99. The number of ether oxygens (including phenoxy) is 1. The van der Waals surface area contributed by atoms with Crippen LogP contribution in [0.1, 0.15) is 58.7 Å². The number of aromatic nitrogens is 7. The molecule has 14 nitrogen and oxygen atoms in total. The summed E-state index contributed by atoms with van der Waals surface area (Å²) in [5.74, 6) is -9.16. The van der Waals surface area contributed by atoms with Crippen LogP contribution in [-0.2, 0) is 47.4 Å². The third-order valence-corrected chi connectivity index (χ3v) is 11.7. The minimum atomic E-state index is -3.92. The van der Waals surface area contributed by atoms with Gasteiger partial charge in [0.05, 0.1) is 39.3 Å². The number of pyridine rings is 1. The number of fused-ring (bicyclic) bond motifs is 5. The highest BCUT2D eigenvalue weighted by Crippen LogP contribution is 2.68. The minimum Gasteiger partial charge on any atom is -0.473 e. The third kappa shape index (κ3) is 7.72. The molecule has 0 unspecified atom stereocenters. The van der Waals surface area contributed by atoms with Gasteiger partial charge in [0.25, 0.3) is 17.9 Å². The van der Waals surface area contributed by atoms with Gasteiger partial charge in [0, 0.05) is 37.1 Å². The highest BCUT2D eigenvalue weighted by molar-refractivity contribution is 7.92. The Morgan fingerprint density at radius 2 is 1.73 bits per heavy atom. The zero-order chi connectivity index (χ0) is 44.7. The molecule has 2 aliphatic rings. The number of rotatable bonds is 13. The molecule has 4 heterocycles. The van der Waals surface area contributed by atoms with Crippen molar-refractivity contribution in [2.45, 2.75) is 50.3 Å². The summed E-state index contributed by atoms with van der Waals surface area (Å²) in [5, 5.41) is 10.6. The number of nitrogens with one attached hydrogen (secondary N) is 2. The molecule has 7 aromatic rings. The number of nitrogens with zero attached hydrogens (tertiary/aromatic N) is 7. The Hall–Kier alpha value is -6.48. The molecule has 0 spiro atoms. The first kappa shape index (κ1) is 41.9. The summed E-state index contributed by atoms with van der Waals surface area (Å²) < 4.78 is 125. The smallest absolute Gasteiger partial charge is 0.293 e. The summed E-state index contributed by atoms with van der Waals surface area (Å²) in [6, 6.07) is 15.6. The van der Waals surface area contributed by atoms with Crippen LogP contribution in [0.15, 0.2) is 77.6 Å². The molecule has 0 aliphatic heterocycles. The van der Waals surface area contributed by atoms with Gasteiger partial charge in [-0.15, -0.1) is 0 Å². The Morgan fingerprint density at radius 3 is 2.43 bits per heavy atom. The lowest BCUT2D eigenvalue weighted by Crippen LogP contribution is -2.38. The molecule has 63 heavy (non-hydrogen) atoms. The summed E-state index contributed by atoms with van der Waals surface area (Å²) in [4.78, 5) is 38.3. The van der Waals surface area contributed by atoms with Gasteiger partial charge in [0.15, 0.2) is 11.5 Å². The molecule has 1 fully saturated rings. The molecular weight excluding hydrogens is 880 g/mol. The van der Waals surface area contributed by atoms with Crippen molar-refractivity contribution in [2.24, 2.45) is 13.0 Å². The predicted molar refractivity (Wildman–Crippen MR) is 217 cm³/mol. The quantitative estimate of drug-likeness (QED) is 0.116. The van der Waals surface area contributed by atoms with Gasteiger partial charge in [-0.3, -0.25) is 28.2 Å². The Bertz CT molecular complexity index is 3160. The zero-order valence-electron chi connectivity index (χ0n) is 32.8. The molecule has 1 amide bonds. The number of aryl methyl sites for hydroxylation is 1. The highest BCUT2D eigenvalue weighted by Gasteiger charge is 2.67. The SMILES string of the molecule is Cn1nc(NS(C)(=O)=O)c2c(Cl)ccc(-n3c([C@H](Cc4cc(F)cc(F)c4)NC(=O)Cn4nc(C(F)F)c5c4C(F)(F)[C@@H]4C[C@H]54)nc4nc(OCc5ccccc5)ccc4c3=O)c21. The molecule has 9 rings (SSSR count). The van der Waals surface area contributed by atoms with E-state index in [2.05, 4.69) is 25.2 Å². The average molecular weight is 912 g/mol. The number of carbonyl (C=O) groups is 1. The van der Waals surface area contributed by atoms with E-state index in [0.717, 1.165) is 28.5 Å². The van der Waals surface area contributed by atoms with Gasteiger partial charge >= 0.3 is 0 Å². The van der Waals surface area contributed by atoms with Crippen molar-refractivity contribution in [3.05, 3.63) is 134 Å². The summed E-state index contributed by atoms with van der Waals surface area (Å²) in [6.45, 7) is -0.926. The molecular formula is C41H32ClF6N9O5S. The van der Waals surface area contributed by atoms with Gasteiger partial charge in [-0.05, 0) is 53.8 Å². The molecule has 3 atom stereocenters. The van der Waals surface area contributed by atoms with E-state index in [4.69, 9.17) is 21.3 Å². The van der Waals surface area contributed by atoms with Crippen LogP contribution in [0.5, 0.6) is 5.88 Å². The molecule has 2 aliphatic carbocycles. The van der Waals surface area contributed by atoms with Crippen LogP contribution in [-0.4, -0.2) is 54.7 Å². The maximum atomic E-state index is 15.5. The third-order valence-electron chi connectivity index (χ3n) is 10.9. The number of hydrogen-bond donors (Lipinski definition) is 2. The maximum Gasteiger partial charge on any atom is 0.293 e. The Kier molecular flexibility index (Phi) is 10.2. The lowest BCUT2D eigenvalue weighted by molar-refractivity contribution is -0.123. The molecule has 0 bridgehead atoms. The van der Waals surface area contributed by atoms with Crippen molar-refractivity contribution in [3.63, 3.8) is 0 Å². The summed E-state index contributed by atoms with van der Waals surface area (Å²) in [6.07, 6.45) is -2.83. The number of sulfonamides is 1. The van der Waals surface area contributed by atoms with Crippen LogP contribution < -0.4 is 20.3 Å². The minimum absolute atomic E-state index is 0.0114. The van der Waals surface area contributed by atoms with Crippen molar-refractivity contribution in [1.82, 2.24) is 39.4 Å². The predicted octanol–water partition coefficient (Wildman–Crippen LogP) is 6.99. The highest BCUT2D eigenvalue weighted by atomic mass is 35.5. The van der Waals surface area contributed by atoms with E-state index in [1.807, 2.05) is 30.3 Å². The normalized spacial score (nSPS) is 16.9. The molecule has 22 heteroatoms. The van der Waals surface area contributed by atoms with Gasteiger partial charge in [-0.1, -0.05) is 41.9 Å². The van der Waals surface area contributed by atoms with Crippen molar-refractivity contribution >= 4 is 55.3 Å². The van der Waals surface area contributed by atoms with E-state index >= 15 is 8.78 Å². The van der Waals surface area contributed by atoms with Gasteiger partial charge in [-0.2, -0.15) is 24.0 Å². The largest absolute Gasteiger partial charge is 0.473 e. The molecule has 326 valence electrons. The first-order valence-corrected chi connectivity index (χ1v) is 21.4. The first-order chi connectivity index (χ1) is 29.9. The van der Waals surface area contributed by atoms with E-state index in [1.165, 1.54) is 36.0 Å². The first-order valence-electron chi connectivity index (χ1n) is 19.1. The van der Waals surface area contributed by atoms with Crippen LogP contribution in [0.25, 0.3) is 27.6 Å². The topological polar surface area (TPSA) is 168 Å². The van der Waals surface area contributed by atoms with Crippen LogP contribution in [0.2, 0.25) is 5.02 Å². The van der Waals surface area contributed by atoms with E-state index in [9.17, 15) is 35.6 Å². The number of amides is 1. The Balaban J connectivity index is 1.22. The number of carbonyl (C=O) groups excluding carboxylic acids is 1. The molecule has 2 N–H and O–H groups in total. The second kappa shape index (κ2) is 15.4. The van der Waals surface area contributed by atoms with Crippen molar-refractivity contribution in [1.29, 1.82) is 0 Å². The number of benzene rings is 3. The molecule has 0 radical (unpaired) electrons. The number of hydrogen-bond acceptors (Lipinski definition) is 9. The molecule has 4 aromatic heterocycles. The fourth-order valence-electron chi connectivity index (χ4n) is 8.26. The number of alkyl halides is 4. The maximum absolute atomic E-state index is 15.5. The summed E-state index contributed by atoms with van der Waals surface area (Å²) >= 11 is 6.62. The van der Waals surface area contributed by atoms with E-state index < -0.39 is 87.7 Å². The number of halogens is 7. The van der Waals surface area contributed by atoms with E-state index in [0.29, 0.717) is 10.7 Å². The van der Waals surface area contributed by atoms with Crippen LogP contribution in [0.3, 0.4) is 0 Å². The van der Waals surface area contributed by atoms with Crippen molar-refractivity contribution < 1.29 is 44.3 Å². The van der Waals surface area contributed by atoms with Crippen molar-refractivity contribution in [3.8, 4) is 11.6 Å². The monoisotopic (exact) mass is 911 g/mol.